The molecule has 0 heterocycles. The number of allylic oxidation sites excluding steroid dienone is 5. The number of rotatable bonds is 29. The minimum Gasteiger partial charge on any atom is -0.394 e. The monoisotopic (exact) mass is 547 g/mol. The fraction of sp³-hybridized carbons (Fsp3) is 0.800. The lowest BCUT2D eigenvalue weighted by atomic mass is 10.0. The van der Waals surface area contributed by atoms with E-state index >= 15 is 0 Å². The molecule has 1 amide bonds. The Balaban J connectivity index is 3.75. The summed E-state index contributed by atoms with van der Waals surface area (Å²) in [6.07, 6.45) is 39.3. The molecule has 0 aromatic heterocycles. The standard InChI is InChI=1S/C35H65NO3/c1-3-5-7-9-11-13-15-17-18-19-20-22-24-26-28-30-34(38)33(32-37)36-35(39)31-29-27-25-23-21-16-14-12-10-8-6-4-2/h15,17,20,22,28,30,33-34,37-38H,3-14,16,18-19,21,23-27,29,31-32H2,1-2H3,(H,36,39)/b17-15+,22-20+,30-28+. The third kappa shape index (κ3) is 28.0. The topological polar surface area (TPSA) is 69.6 Å². The summed E-state index contributed by atoms with van der Waals surface area (Å²) in [6.45, 7) is 4.25. The molecular weight excluding hydrogens is 482 g/mol. The molecule has 0 radical (unpaired) electrons. The molecule has 39 heavy (non-hydrogen) atoms. The molecule has 0 aliphatic heterocycles. The molecule has 0 aliphatic rings. The SMILES string of the molecule is CCCCCCC/C=C/CC/C=C/CC/C=C/C(O)C(CO)NC(=O)CCCCCCCCCCCCCC. The molecule has 2 atom stereocenters. The summed E-state index contributed by atoms with van der Waals surface area (Å²) in [5.41, 5.74) is 0. The van der Waals surface area contributed by atoms with Crippen molar-refractivity contribution < 1.29 is 15.0 Å². The highest BCUT2D eigenvalue weighted by Gasteiger charge is 2.17. The van der Waals surface area contributed by atoms with Gasteiger partial charge in [-0.05, 0) is 44.9 Å². The highest BCUT2D eigenvalue weighted by Crippen LogP contribution is 2.13. The van der Waals surface area contributed by atoms with E-state index in [4.69, 9.17) is 0 Å². The molecule has 4 nitrogen and oxygen atoms in total. The molecule has 0 aromatic carbocycles. The minimum atomic E-state index is -0.864. The number of carbonyl (C=O) groups excluding carboxylic acids is 1. The Hall–Kier alpha value is -1.39. The summed E-state index contributed by atoms with van der Waals surface area (Å²) < 4.78 is 0. The fourth-order valence-corrected chi connectivity index (χ4v) is 4.74. The van der Waals surface area contributed by atoms with Crippen LogP contribution in [0.2, 0.25) is 0 Å². The average Bonchev–Trinajstić information content (AvgIpc) is 2.94. The van der Waals surface area contributed by atoms with Gasteiger partial charge >= 0.3 is 0 Å². The van der Waals surface area contributed by atoms with Gasteiger partial charge in [0.05, 0.1) is 18.8 Å². The number of aliphatic hydroxyl groups excluding tert-OH is 2. The van der Waals surface area contributed by atoms with Crippen molar-refractivity contribution in [2.75, 3.05) is 6.61 Å². The summed E-state index contributed by atoms with van der Waals surface area (Å²) in [6, 6.07) is -0.639. The van der Waals surface area contributed by atoms with Gasteiger partial charge in [-0.1, -0.05) is 147 Å². The summed E-state index contributed by atoms with van der Waals surface area (Å²) in [5, 5.41) is 22.8. The number of hydrogen-bond donors (Lipinski definition) is 3. The van der Waals surface area contributed by atoms with Crippen LogP contribution in [0.15, 0.2) is 36.5 Å². The first kappa shape index (κ1) is 37.6. The third-order valence-corrected chi connectivity index (χ3v) is 7.35. The van der Waals surface area contributed by atoms with E-state index in [1.165, 1.54) is 103 Å². The van der Waals surface area contributed by atoms with Crippen LogP contribution in [0.5, 0.6) is 0 Å². The second-order valence-corrected chi connectivity index (χ2v) is 11.2. The summed E-state index contributed by atoms with van der Waals surface area (Å²) >= 11 is 0. The normalized spacial score (nSPS) is 13.6. The zero-order valence-corrected chi connectivity index (χ0v) is 25.9. The maximum absolute atomic E-state index is 12.2. The second kappa shape index (κ2) is 31.1. The van der Waals surface area contributed by atoms with Gasteiger partial charge in [0.15, 0.2) is 0 Å². The van der Waals surface area contributed by atoms with E-state index in [-0.39, 0.29) is 12.5 Å². The van der Waals surface area contributed by atoms with Gasteiger partial charge in [0.1, 0.15) is 0 Å². The highest BCUT2D eigenvalue weighted by molar-refractivity contribution is 5.76. The van der Waals surface area contributed by atoms with Crippen molar-refractivity contribution in [2.24, 2.45) is 0 Å². The molecule has 0 fully saturated rings. The lowest BCUT2D eigenvalue weighted by Gasteiger charge is -2.19. The predicted octanol–water partition coefficient (Wildman–Crippen LogP) is 9.51. The van der Waals surface area contributed by atoms with E-state index in [1.807, 2.05) is 6.08 Å². The molecule has 0 bridgehead atoms. The molecular formula is C35H65NO3. The number of aliphatic hydroxyl groups is 2. The van der Waals surface area contributed by atoms with Crippen molar-refractivity contribution in [1.82, 2.24) is 5.32 Å². The van der Waals surface area contributed by atoms with E-state index in [1.54, 1.807) is 6.08 Å². The molecule has 4 heteroatoms. The molecule has 0 rings (SSSR count). The van der Waals surface area contributed by atoms with Crippen molar-refractivity contribution in [3.63, 3.8) is 0 Å². The van der Waals surface area contributed by atoms with Crippen LogP contribution >= 0.6 is 0 Å². The van der Waals surface area contributed by atoms with Crippen molar-refractivity contribution in [3.05, 3.63) is 36.5 Å². The van der Waals surface area contributed by atoms with Crippen LogP contribution in [-0.2, 0) is 4.79 Å². The van der Waals surface area contributed by atoms with Crippen molar-refractivity contribution in [1.29, 1.82) is 0 Å². The smallest absolute Gasteiger partial charge is 0.220 e. The van der Waals surface area contributed by atoms with Crippen molar-refractivity contribution in [3.8, 4) is 0 Å². The fourth-order valence-electron chi connectivity index (χ4n) is 4.74. The lowest BCUT2D eigenvalue weighted by molar-refractivity contribution is -0.123. The number of nitrogens with one attached hydrogen (secondary N) is 1. The zero-order chi connectivity index (χ0) is 28.7. The first-order valence-corrected chi connectivity index (χ1v) is 16.7. The van der Waals surface area contributed by atoms with Crippen LogP contribution in [0.25, 0.3) is 0 Å². The van der Waals surface area contributed by atoms with Crippen LogP contribution in [0, 0.1) is 0 Å². The molecule has 0 aliphatic carbocycles. The van der Waals surface area contributed by atoms with E-state index < -0.39 is 12.1 Å². The van der Waals surface area contributed by atoms with E-state index in [0.29, 0.717) is 6.42 Å². The molecule has 0 spiro atoms. The lowest BCUT2D eigenvalue weighted by Crippen LogP contribution is -2.45. The van der Waals surface area contributed by atoms with Gasteiger partial charge in [-0.2, -0.15) is 0 Å². The van der Waals surface area contributed by atoms with Crippen molar-refractivity contribution in [2.45, 2.75) is 174 Å². The van der Waals surface area contributed by atoms with E-state index in [0.717, 1.165) is 38.5 Å². The molecule has 3 N–H and O–H groups in total. The first-order chi connectivity index (χ1) is 19.2. The van der Waals surface area contributed by atoms with E-state index in [2.05, 4.69) is 43.5 Å². The van der Waals surface area contributed by atoms with Crippen LogP contribution in [-0.4, -0.2) is 34.9 Å². The number of unbranched alkanes of at least 4 members (excludes halogenated alkanes) is 18. The van der Waals surface area contributed by atoms with Gasteiger partial charge in [0.2, 0.25) is 5.91 Å². The Labute approximate surface area is 242 Å². The second-order valence-electron chi connectivity index (χ2n) is 11.2. The summed E-state index contributed by atoms with van der Waals surface area (Å²) in [4.78, 5) is 12.2. The van der Waals surface area contributed by atoms with Crippen LogP contribution in [0.3, 0.4) is 0 Å². The Bertz CT molecular complexity index is 599. The Morgan fingerprint density at radius 1 is 0.590 bits per heavy atom. The zero-order valence-electron chi connectivity index (χ0n) is 25.9. The van der Waals surface area contributed by atoms with Gasteiger partial charge in [0.25, 0.3) is 0 Å². The van der Waals surface area contributed by atoms with Gasteiger partial charge in [0, 0.05) is 6.42 Å². The number of hydrogen-bond acceptors (Lipinski definition) is 3. The van der Waals surface area contributed by atoms with E-state index in [9.17, 15) is 15.0 Å². The average molecular weight is 548 g/mol. The van der Waals surface area contributed by atoms with Crippen LogP contribution < -0.4 is 5.32 Å². The van der Waals surface area contributed by atoms with Gasteiger partial charge in [-0.25, -0.2) is 0 Å². The Morgan fingerprint density at radius 2 is 1.00 bits per heavy atom. The Morgan fingerprint density at radius 3 is 1.49 bits per heavy atom. The van der Waals surface area contributed by atoms with Gasteiger partial charge in [-0.15, -0.1) is 0 Å². The maximum atomic E-state index is 12.2. The first-order valence-electron chi connectivity index (χ1n) is 16.7. The molecule has 0 saturated heterocycles. The predicted molar refractivity (Wildman–Crippen MR) is 170 cm³/mol. The van der Waals surface area contributed by atoms with Crippen LogP contribution in [0.1, 0.15) is 162 Å². The number of carbonyl (C=O) groups is 1. The molecule has 0 saturated carbocycles. The summed E-state index contributed by atoms with van der Waals surface area (Å²) in [7, 11) is 0. The molecule has 0 aromatic rings. The number of amides is 1. The third-order valence-electron chi connectivity index (χ3n) is 7.35. The summed E-state index contributed by atoms with van der Waals surface area (Å²) in [5.74, 6) is -0.0814. The van der Waals surface area contributed by atoms with Crippen molar-refractivity contribution >= 4 is 5.91 Å². The van der Waals surface area contributed by atoms with Gasteiger partial charge in [-0.3, -0.25) is 4.79 Å². The minimum absolute atomic E-state index is 0.0814. The Kier molecular flexibility index (Phi) is 30.0. The quantitative estimate of drug-likeness (QED) is 0.0645. The largest absolute Gasteiger partial charge is 0.394 e. The molecule has 2 unspecified atom stereocenters. The molecule has 228 valence electrons. The maximum Gasteiger partial charge on any atom is 0.220 e. The van der Waals surface area contributed by atoms with Crippen LogP contribution in [0.4, 0.5) is 0 Å². The van der Waals surface area contributed by atoms with Gasteiger partial charge < -0.3 is 15.5 Å². The highest BCUT2D eigenvalue weighted by atomic mass is 16.3.